The number of benzene rings is 2. The summed E-state index contributed by atoms with van der Waals surface area (Å²) in [5.41, 5.74) is 10.2. The van der Waals surface area contributed by atoms with Crippen LogP contribution >= 0.6 is 0 Å². The van der Waals surface area contributed by atoms with Crippen molar-refractivity contribution in [1.82, 2.24) is 15.2 Å². The summed E-state index contributed by atoms with van der Waals surface area (Å²) in [6.45, 7) is 3.43. The predicted octanol–water partition coefficient (Wildman–Crippen LogP) is 2.99. The van der Waals surface area contributed by atoms with Crippen LogP contribution in [-0.4, -0.2) is 21.1 Å². The molecule has 6 heteroatoms. The zero-order valence-electron chi connectivity index (χ0n) is 12.9. The van der Waals surface area contributed by atoms with Gasteiger partial charge in [-0.1, -0.05) is 12.1 Å². The molecule has 1 aromatic heterocycles. The number of hydrogen-bond donors (Lipinski definition) is 3. The van der Waals surface area contributed by atoms with E-state index < -0.39 is 0 Å². The molecule has 3 aromatic rings. The number of aromatic amines is 1. The van der Waals surface area contributed by atoms with Crippen LogP contribution in [0.3, 0.4) is 0 Å². The van der Waals surface area contributed by atoms with Crippen molar-refractivity contribution in [3.8, 4) is 22.8 Å². The number of nitrogens with two attached hydrogens (primary N) is 1. The molecule has 3 rings (SSSR count). The molecule has 6 nitrogen and oxygen atoms in total. The van der Waals surface area contributed by atoms with E-state index in [1.54, 1.807) is 0 Å². The predicted molar refractivity (Wildman–Crippen MR) is 90.7 cm³/mol. The van der Waals surface area contributed by atoms with Gasteiger partial charge in [0.2, 0.25) is 5.91 Å². The molecule has 0 fully saturated rings. The van der Waals surface area contributed by atoms with E-state index in [0.717, 1.165) is 22.4 Å². The molecule has 116 valence electrons. The Labute approximate surface area is 133 Å². The lowest BCUT2D eigenvalue weighted by molar-refractivity contribution is -0.114. The summed E-state index contributed by atoms with van der Waals surface area (Å²) >= 11 is 0. The first-order valence-electron chi connectivity index (χ1n) is 7.20. The third-order valence-corrected chi connectivity index (χ3v) is 3.50. The quantitative estimate of drug-likeness (QED) is 0.648. The highest BCUT2D eigenvalue weighted by molar-refractivity contribution is 5.88. The van der Waals surface area contributed by atoms with Crippen molar-refractivity contribution >= 4 is 17.3 Å². The fourth-order valence-electron chi connectivity index (χ4n) is 2.21. The van der Waals surface area contributed by atoms with Gasteiger partial charge in [0.05, 0.1) is 0 Å². The Kier molecular flexibility index (Phi) is 3.80. The minimum atomic E-state index is -0.100. The van der Waals surface area contributed by atoms with Crippen molar-refractivity contribution in [3.05, 3.63) is 48.0 Å². The van der Waals surface area contributed by atoms with Crippen LogP contribution in [0.2, 0.25) is 0 Å². The summed E-state index contributed by atoms with van der Waals surface area (Å²) in [6.07, 6.45) is 0. The summed E-state index contributed by atoms with van der Waals surface area (Å²) in [5, 5.41) is 9.90. The van der Waals surface area contributed by atoms with Gasteiger partial charge in [0.15, 0.2) is 11.6 Å². The van der Waals surface area contributed by atoms with Gasteiger partial charge >= 0.3 is 0 Å². The molecular weight excluding hydrogens is 290 g/mol. The summed E-state index contributed by atoms with van der Waals surface area (Å²) in [5.74, 6) is 1.16. The van der Waals surface area contributed by atoms with E-state index >= 15 is 0 Å². The third kappa shape index (κ3) is 3.21. The van der Waals surface area contributed by atoms with Gasteiger partial charge in [-0.05, 0) is 42.8 Å². The maximum atomic E-state index is 11.0. The molecule has 0 saturated carbocycles. The molecule has 0 aliphatic rings. The highest BCUT2D eigenvalue weighted by atomic mass is 16.1. The van der Waals surface area contributed by atoms with Crippen molar-refractivity contribution < 1.29 is 4.79 Å². The lowest BCUT2D eigenvalue weighted by atomic mass is 10.1. The van der Waals surface area contributed by atoms with Crippen molar-refractivity contribution in [2.24, 2.45) is 0 Å². The molecule has 0 bridgehead atoms. The molecule has 0 atom stereocenters. The lowest BCUT2D eigenvalue weighted by Crippen LogP contribution is -2.05. The van der Waals surface area contributed by atoms with Crippen LogP contribution in [0, 0.1) is 6.92 Å². The summed E-state index contributed by atoms with van der Waals surface area (Å²) in [4.78, 5) is 15.5. The van der Waals surface area contributed by atoms with E-state index in [9.17, 15) is 4.79 Å². The number of nitrogens with one attached hydrogen (secondary N) is 2. The average molecular weight is 307 g/mol. The number of anilines is 2. The van der Waals surface area contributed by atoms with Crippen molar-refractivity contribution in [2.45, 2.75) is 13.8 Å². The zero-order chi connectivity index (χ0) is 16.4. The zero-order valence-corrected chi connectivity index (χ0v) is 12.9. The standard InChI is InChI=1S/C17H17N5O/c1-10-3-4-13(9-15(10)18)17-20-16(21-22-17)12-5-7-14(8-6-12)19-11(2)23/h3-9H,18H2,1-2H3,(H,19,23)(H,20,21,22). The summed E-state index contributed by atoms with van der Waals surface area (Å²) in [6, 6.07) is 13.1. The Morgan fingerprint density at radius 3 is 2.48 bits per heavy atom. The number of carbonyl (C=O) groups excluding carboxylic acids is 1. The average Bonchev–Trinajstić information content (AvgIpc) is 3.00. The van der Waals surface area contributed by atoms with Gasteiger partial charge in [0.25, 0.3) is 0 Å². The third-order valence-electron chi connectivity index (χ3n) is 3.50. The number of aryl methyl sites for hydroxylation is 1. The number of rotatable bonds is 3. The molecule has 0 saturated heterocycles. The molecule has 0 aliphatic heterocycles. The highest BCUT2D eigenvalue weighted by Gasteiger charge is 2.09. The maximum Gasteiger partial charge on any atom is 0.221 e. The Morgan fingerprint density at radius 2 is 1.83 bits per heavy atom. The molecule has 1 heterocycles. The second-order valence-corrected chi connectivity index (χ2v) is 5.34. The van der Waals surface area contributed by atoms with Crippen LogP contribution < -0.4 is 11.1 Å². The molecular formula is C17H17N5O. The number of amides is 1. The van der Waals surface area contributed by atoms with Crippen molar-refractivity contribution in [1.29, 1.82) is 0 Å². The number of hydrogen-bond acceptors (Lipinski definition) is 4. The molecule has 1 amide bonds. The minimum absolute atomic E-state index is 0.100. The van der Waals surface area contributed by atoms with Gasteiger partial charge in [-0.3, -0.25) is 9.89 Å². The first kappa shape index (κ1) is 14.8. The van der Waals surface area contributed by atoms with Gasteiger partial charge in [0, 0.05) is 29.4 Å². The molecule has 2 aromatic carbocycles. The van der Waals surface area contributed by atoms with E-state index in [1.807, 2.05) is 49.4 Å². The van der Waals surface area contributed by atoms with Crippen LogP contribution in [0.5, 0.6) is 0 Å². The van der Waals surface area contributed by atoms with Crippen LogP contribution in [-0.2, 0) is 4.79 Å². The molecule has 23 heavy (non-hydrogen) atoms. The largest absolute Gasteiger partial charge is 0.398 e. The maximum absolute atomic E-state index is 11.0. The number of carbonyl (C=O) groups is 1. The fourth-order valence-corrected chi connectivity index (χ4v) is 2.21. The van der Waals surface area contributed by atoms with Gasteiger partial charge in [0.1, 0.15) is 0 Å². The summed E-state index contributed by atoms with van der Waals surface area (Å²) < 4.78 is 0. The second-order valence-electron chi connectivity index (χ2n) is 5.34. The molecule has 0 spiro atoms. The number of H-pyrrole nitrogens is 1. The minimum Gasteiger partial charge on any atom is -0.398 e. The fraction of sp³-hybridized carbons (Fsp3) is 0.118. The SMILES string of the molecule is CC(=O)Nc1ccc(-c2nc(-c3ccc(C)c(N)c3)n[nH]2)cc1. The van der Waals surface area contributed by atoms with E-state index in [0.29, 0.717) is 17.3 Å². The molecule has 0 aliphatic carbocycles. The monoisotopic (exact) mass is 307 g/mol. The van der Waals surface area contributed by atoms with Crippen molar-refractivity contribution in [3.63, 3.8) is 0 Å². The van der Waals surface area contributed by atoms with E-state index in [2.05, 4.69) is 20.5 Å². The Hall–Kier alpha value is -3.15. The smallest absolute Gasteiger partial charge is 0.221 e. The van der Waals surface area contributed by atoms with E-state index in [4.69, 9.17) is 5.73 Å². The lowest BCUT2D eigenvalue weighted by Gasteiger charge is -2.02. The summed E-state index contributed by atoms with van der Waals surface area (Å²) in [7, 11) is 0. The van der Waals surface area contributed by atoms with E-state index in [-0.39, 0.29) is 5.91 Å². The van der Waals surface area contributed by atoms with Crippen LogP contribution in [0.4, 0.5) is 11.4 Å². The Morgan fingerprint density at radius 1 is 1.13 bits per heavy atom. The Bertz CT molecular complexity index is 852. The second kappa shape index (κ2) is 5.92. The van der Waals surface area contributed by atoms with Gasteiger partial charge < -0.3 is 11.1 Å². The number of nitrogens with zero attached hydrogens (tertiary/aromatic N) is 2. The number of aromatic nitrogens is 3. The first-order chi connectivity index (χ1) is 11.0. The Balaban J connectivity index is 1.86. The molecule has 4 N–H and O–H groups in total. The normalized spacial score (nSPS) is 10.5. The van der Waals surface area contributed by atoms with E-state index in [1.165, 1.54) is 6.92 Å². The highest BCUT2D eigenvalue weighted by Crippen LogP contribution is 2.24. The van der Waals surface area contributed by atoms with Gasteiger partial charge in [-0.15, -0.1) is 0 Å². The topological polar surface area (TPSA) is 96.7 Å². The van der Waals surface area contributed by atoms with Crippen LogP contribution in [0.25, 0.3) is 22.8 Å². The van der Waals surface area contributed by atoms with Gasteiger partial charge in [-0.2, -0.15) is 5.10 Å². The number of nitrogen functional groups attached to an aromatic ring is 1. The van der Waals surface area contributed by atoms with Crippen LogP contribution in [0.15, 0.2) is 42.5 Å². The molecule has 0 radical (unpaired) electrons. The first-order valence-corrected chi connectivity index (χ1v) is 7.20. The van der Waals surface area contributed by atoms with Crippen molar-refractivity contribution in [2.75, 3.05) is 11.1 Å². The molecule has 0 unspecified atom stereocenters. The van der Waals surface area contributed by atoms with Crippen LogP contribution in [0.1, 0.15) is 12.5 Å². The van der Waals surface area contributed by atoms with Gasteiger partial charge in [-0.25, -0.2) is 4.98 Å².